The van der Waals surface area contributed by atoms with E-state index in [9.17, 15) is 22.4 Å². The van der Waals surface area contributed by atoms with Crippen molar-refractivity contribution in [1.82, 2.24) is 0 Å². The lowest BCUT2D eigenvalue weighted by atomic mass is 10.1. The molecule has 1 aromatic rings. The minimum absolute atomic E-state index is 0.0882. The van der Waals surface area contributed by atoms with Crippen molar-refractivity contribution in [2.24, 2.45) is 0 Å². The molecule has 0 aliphatic heterocycles. The summed E-state index contributed by atoms with van der Waals surface area (Å²) in [5, 5.41) is 0. The Kier molecular flexibility index (Phi) is 5.32. The third-order valence-corrected chi connectivity index (χ3v) is 2.35. The molecule has 1 rings (SSSR count). The zero-order chi connectivity index (χ0) is 15.3. The van der Waals surface area contributed by atoms with Crippen LogP contribution in [0.1, 0.15) is 15.9 Å². The molecule has 0 saturated carbocycles. The summed E-state index contributed by atoms with van der Waals surface area (Å²) < 4.78 is 57.5. The smallest absolute Gasteiger partial charge is 0.411 e. The van der Waals surface area contributed by atoms with Crippen molar-refractivity contribution in [3.63, 3.8) is 0 Å². The van der Waals surface area contributed by atoms with Crippen LogP contribution in [0.4, 0.5) is 23.2 Å². The van der Waals surface area contributed by atoms with Crippen molar-refractivity contribution < 1.29 is 31.8 Å². The highest BCUT2D eigenvalue weighted by Crippen LogP contribution is 2.18. The summed E-state index contributed by atoms with van der Waals surface area (Å²) in [7, 11) is 0. The van der Waals surface area contributed by atoms with E-state index in [2.05, 4.69) is 9.47 Å². The molecule has 112 valence electrons. The lowest BCUT2D eigenvalue weighted by Gasteiger charge is -2.09. The third-order valence-electron chi connectivity index (χ3n) is 2.35. The highest BCUT2D eigenvalue weighted by molar-refractivity contribution is 5.90. The van der Waals surface area contributed by atoms with Gasteiger partial charge in [0.15, 0.2) is 0 Å². The van der Waals surface area contributed by atoms with Crippen LogP contribution in [0, 0.1) is 12.7 Å². The van der Waals surface area contributed by atoms with Gasteiger partial charge in [-0.05, 0) is 19.1 Å². The number of nitrogen functional groups attached to an aromatic ring is 1. The molecule has 0 atom stereocenters. The van der Waals surface area contributed by atoms with Gasteiger partial charge in [0, 0.05) is 11.3 Å². The van der Waals surface area contributed by atoms with Crippen LogP contribution in [-0.2, 0) is 9.47 Å². The zero-order valence-corrected chi connectivity index (χ0v) is 10.6. The number of ether oxygens (including phenoxy) is 2. The molecular weight excluding hydrogens is 282 g/mol. The maximum atomic E-state index is 13.3. The predicted molar refractivity (Wildman–Crippen MR) is 62.7 cm³/mol. The molecule has 0 spiro atoms. The summed E-state index contributed by atoms with van der Waals surface area (Å²) in [6.07, 6.45) is -4.43. The summed E-state index contributed by atoms with van der Waals surface area (Å²) in [5.41, 5.74) is 5.67. The molecule has 0 heterocycles. The number of hydrogen-bond acceptors (Lipinski definition) is 4. The molecule has 0 amide bonds. The first-order valence-corrected chi connectivity index (χ1v) is 5.58. The van der Waals surface area contributed by atoms with Crippen molar-refractivity contribution in [2.75, 3.05) is 25.6 Å². The van der Waals surface area contributed by atoms with Gasteiger partial charge in [0.05, 0.1) is 12.2 Å². The Hall–Kier alpha value is -1.83. The molecule has 4 nitrogen and oxygen atoms in total. The topological polar surface area (TPSA) is 61.6 Å². The number of alkyl halides is 3. The second-order valence-corrected chi connectivity index (χ2v) is 3.98. The molecular formula is C12H13F4NO3. The number of benzene rings is 1. The minimum Gasteiger partial charge on any atom is -0.460 e. The van der Waals surface area contributed by atoms with Gasteiger partial charge in [-0.1, -0.05) is 0 Å². The Morgan fingerprint density at radius 2 is 1.95 bits per heavy atom. The second-order valence-electron chi connectivity index (χ2n) is 3.98. The van der Waals surface area contributed by atoms with Crippen molar-refractivity contribution >= 4 is 11.7 Å². The quantitative estimate of drug-likeness (QED) is 0.392. The summed E-state index contributed by atoms with van der Waals surface area (Å²) >= 11 is 0. The van der Waals surface area contributed by atoms with Crippen LogP contribution < -0.4 is 5.73 Å². The van der Waals surface area contributed by atoms with Crippen molar-refractivity contribution in [2.45, 2.75) is 13.1 Å². The van der Waals surface area contributed by atoms with Gasteiger partial charge in [0.25, 0.3) is 0 Å². The maximum absolute atomic E-state index is 13.3. The summed E-state index contributed by atoms with van der Waals surface area (Å²) in [6, 6.07) is 2.18. The van der Waals surface area contributed by atoms with E-state index in [0.29, 0.717) is 0 Å². The van der Waals surface area contributed by atoms with E-state index in [1.807, 2.05) is 0 Å². The highest BCUT2D eigenvalue weighted by Gasteiger charge is 2.27. The molecule has 2 N–H and O–H groups in total. The molecule has 0 fully saturated rings. The van der Waals surface area contributed by atoms with Crippen LogP contribution in [0.25, 0.3) is 0 Å². The van der Waals surface area contributed by atoms with Crippen LogP contribution in [-0.4, -0.2) is 32.0 Å². The molecule has 0 aliphatic carbocycles. The van der Waals surface area contributed by atoms with E-state index < -0.39 is 31.2 Å². The highest BCUT2D eigenvalue weighted by atomic mass is 19.4. The Labute approximate surface area is 112 Å². The molecule has 8 heteroatoms. The number of hydrogen-bond donors (Lipinski definition) is 1. The van der Waals surface area contributed by atoms with Gasteiger partial charge < -0.3 is 15.2 Å². The second kappa shape index (κ2) is 6.56. The van der Waals surface area contributed by atoms with E-state index in [4.69, 9.17) is 5.73 Å². The number of carbonyl (C=O) groups is 1. The SMILES string of the molecule is Cc1c(N)cc(C(=O)OCCOCC(F)(F)F)cc1F. The largest absolute Gasteiger partial charge is 0.460 e. The van der Waals surface area contributed by atoms with Crippen LogP contribution in [0.15, 0.2) is 12.1 Å². The number of carbonyl (C=O) groups excluding carboxylic acids is 1. The molecule has 0 aliphatic rings. The van der Waals surface area contributed by atoms with Gasteiger partial charge >= 0.3 is 12.1 Å². The van der Waals surface area contributed by atoms with E-state index in [1.54, 1.807) is 0 Å². The van der Waals surface area contributed by atoms with Gasteiger partial charge in [-0.2, -0.15) is 13.2 Å². The fraction of sp³-hybridized carbons (Fsp3) is 0.417. The Bertz CT molecular complexity index is 465. The van der Waals surface area contributed by atoms with E-state index >= 15 is 0 Å². The minimum atomic E-state index is -4.43. The fourth-order valence-corrected chi connectivity index (χ4v) is 1.28. The van der Waals surface area contributed by atoms with Gasteiger partial charge in [0.2, 0.25) is 0 Å². The van der Waals surface area contributed by atoms with Crippen LogP contribution in [0.5, 0.6) is 0 Å². The van der Waals surface area contributed by atoms with E-state index in [0.717, 1.165) is 6.07 Å². The van der Waals surface area contributed by atoms with Crippen molar-refractivity contribution in [3.8, 4) is 0 Å². The number of rotatable bonds is 5. The first-order valence-electron chi connectivity index (χ1n) is 5.58. The van der Waals surface area contributed by atoms with E-state index in [1.165, 1.54) is 13.0 Å². The zero-order valence-electron chi connectivity index (χ0n) is 10.6. The lowest BCUT2D eigenvalue weighted by Crippen LogP contribution is -2.19. The van der Waals surface area contributed by atoms with Gasteiger partial charge in [-0.15, -0.1) is 0 Å². The average Bonchev–Trinajstić information content (AvgIpc) is 2.33. The predicted octanol–water partition coefficient (Wildman–Crippen LogP) is 2.45. The molecule has 20 heavy (non-hydrogen) atoms. The number of halogens is 4. The summed E-state index contributed by atoms with van der Waals surface area (Å²) in [4.78, 5) is 11.5. The maximum Gasteiger partial charge on any atom is 0.411 e. The first kappa shape index (κ1) is 16.2. The molecule has 0 aromatic heterocycles. The standard InChI is InChI=1S/C12H13F4NO3/c1-7-9(13)4-8(5-10(7)17)11(18)20-3-2-19-6-12(14,15)16/h4-5H,2-3,6,17H2,1H3. The van der Waals surface area contributed by atoms with Crippen LogP contribution in [0.2, 0.25) is 0 Å². The van der Waals surface area contributed by atoms with Crippen molar-refractivity contribution in [3.05, 3.63) is 29.1 Å². The Balaban J connectivity index is 2.44. The summed E-state index contributed by atoms with van der Waals surface area (Å²) in [5.74, 6) is -1.54. The molecule has 0 radical (unpaired) electrons. The lowest BCUT2D eigenvalue weighted by molar-refractivity contribution is -0.175. The van der Waals surface area contributed by atoms with Crippen LogP contribution >= 0.6 is 0 Å². The van der Waals surface area contributed by atoms with Gasteiger partial charge in [-0.3, -0.25) is 0 Å². The van der Waals surface area contributed by atoms with Gasteiger partial charge in [-0.25, -0.2) is 9.18 Å². The molecule has 0 unspecified atom stereocenters. The Morgan fingerprint density at radius 1 is 1.30 bits per heavy atom. The molecule has 0 bridgehead atoms. The van der Waals surface area contributed by atoms with E-state index in [-0.39, 0.29) is 23.4 Å². The fourth-order valence-electron chi connectivity index (χ4n) is 1.28. The average molecular weight is 295 g/mol. The first-order chi connectivity index (χ1) is 9.20. The number of nitrogens with two attached hydrogens (primary N) is 1. The van der Waals surface area contributed by atoms with Crippen LogP contribution in [0.3, 0.4) is 0 Å². The monoisotopic (exact) mass is 295 g/mol. The normalized spacial score (nSPS) is 11.4. The third kappa shape index (κ3) is 5.04. The molecule has 1 aromatic carbocycles. The van der Waals surface area contributed by atoms with Crippen molar-refractivity contribution in [1.29, 1.82) is 0 Å². The van der Waals surface area contributed by atoms with Gasteiger partial charge in [0.1, 0.15) is 19.0 Å². The number of esters is 1. The summed E-state index contributed by atoms with van der Waals surface area (Å²) in [6.45, 7) is -0.749. The molecule has 0 saturated heterocycles. The number of anilines is 1. The Morgan fingerprint density at radius 3 is 2.50 bits per heavy atom.